The summed E-state index contributed by atoms with van der Waals surface area (Å²) < 4.78 is 0. The number of aromatic nitrogens is 2. The highest BCUT2D eigenvalue weighted by Crippen LogP contribution is 1.88. The summed E-state index contributed by atoms with van der Waals surface area (Å²) >= 11 is 0. The molecule has 1 aromatic rings. The molecule has 1 heterocycles. The summed E-state index contributed by atoms with van der Waals surface area (Å²) in [6.45, 7) is 0.419. The fraction of sp³-hybridized carbons (Fsp3) is 0.286. The van der Waals surface area contributed by atoms with Crippen LogP contribution in [0.1, 0.15) is 5.69 Å². The van der Waals surface area contributed by atoms with Gasteiger partial charge in [0.05, 0.1) is 12.2 Å². The normalized spacial score (nSPS) is 9.08. The standard InChI is InChI=1S/C7H10N4O/c1-8-7(12)10-4-6-2-3-9-5-11-6/h2-3,5H,4H2,1H3,(H2,8,10,12). The van der Waals surface area contributed by atoms with Crippen LogP contribution in [0.5, 0.6) is 0 Å². The van der Waals surface area contributed by atoms with Gasteiger partial charge in [0, 0.05) is 13.2 Å². The van der Waals surface area contributed by atoms with Crippen LogP contribution in [0, 0.1) is 0 Å². The second-order valence-corrected chi connectivity index (χ2v) is 2.13. The molecule has 5 heteroatoms. The van der Waals surface area contributed by atoms with Crippen LogP contribution in [0.15, 0.2) is 18.6 Å². The topological polar surface area (TPSA) is 66.9 Å². The molecule has 0 atom stereocenters. The van der Waals surface area contributed by atoms with Crippen molar-refractivity contribution in [2.45, 2.75) is 6.54 Å². The predicted octanol–water partition coefficient (Wildman–Crippen LogP) is -0.0944. The Hall–Kier alpha value is -1.65. The largest absolute Gasteiger partial charge is 0.341 e. The van der Waals surface area contributed by atoms with E-state index in [-0.39, 0.29) is 6.03 Å². The molecule has 0 unspecified atom stereocenters. The Morgan fingerprint density at radius 1 is 1.67 bits per heavy atom. The van der Waals surface area contributed by atoms with Gasteiger partial charge in [-0.1, -0.05) is 0 Å². The molecule has 64 valence electrons. The summed E-state index contributed by atoms with van der Waals surface area (Å²) in [4.78, 5) is 18.4. The van der Waals surface area contributed by atoms with Crippen LogP contribution < -0.4 is 10.6 Å². The first-order valence-corrected chi connectivity index (χ1v) is 3.53. The Morgan fingerprint density at radius 3 is 3.08 bits per heavy atom. The molecular weight excluding hydrogens is 156 g/mol. The minimum atomic E-state index is -0.214. The number of nitrogens with zero attached hydrogens (tertiary/aromatic N) is 2. The van der Waals surface area contributed by atoms with E-state index < -0.39 is 0 Å². The van der Waals surface area contributed by atoms with Gasteiger partial charge in [0.2, 0.25) is 0 Å². The maximum Gasteiger partial charge on any atom is 0.314 e. The van der Waals surface area contributed by atoms with Crippen molar-refractivity contribution < 1.29 is 4.79 Å². The maximum atomic E-state index is 10.7. The van der Waals surface area contributed by atoms with E-state index in [1.165, 1.54) is 6.33 Å². The number of urea groups is 1. The number of rotatable bonds is 2. The SMILES string of the molecule is CNC(=O)NCc1ccncn1. The van der Waals surface area contributed by atoms with Gasteiger partial charge in [0.15, 0.2) is 0 Å². The molecule has 12 heavy (non-hydrogen) atoms. The summed E-state index contributed by atoms with van der Waals surface area (Å²) in [5, 5.41) is 5.05. The zero-order chi connectivity index (χ0) is 8.81. The second-order valence-electron chi connectivity index (χ2n) is 2.13. The van der Waals surface area contributed by atoms with Gasteiger partial charge in [-0.2, -0.15) is 0 Å². The van der Waals surface area contributed by atoms with E-state index in [4.69, 9.17) is 0 Å². The number of amides is 2. The Morgan fingerprint density at radius 2 is 2.50 bits per heavy atom. The minimum absolute atomic E-state index is 0.214. The van der Waals surface area contributed by atoms with Crippen LogP contribution in [0.25, 0.3) is 0 Å². The number of hydrogen-bond acceptors (Lipinski definition) is 3. The van der Waals surface area contributed by atoms with E-state index in [2.05, 4.69) is 20.6 Å². The molecule has 0 saturated carbocycles. The Bertz CT molecular complexity index is 249. The number of carbonyl (C=O) groups excluding carboxylic acids is 1. The lowest BCUT2D eigenvalue weighted by Gasteiger charge is -2.01. The van der Waals surface area contributed by atoms with Crippen molar-refractivity contribution in [2.75, 3.05) is 7.05 Å². The first-order valence-electron chi connectivity index (χ1n) is 3.53. The van der Waals surface area contributed by atoms with Gasteiger partial charge in [0.1, 0.15) is 6.33 Å². The molecule has 0 spiro atoms. The van der Waals surface area contributed by atoms with Gasteiger partial charge in [0.25, 0.3) is 0 Å². The average molecular weight is 166 g/mol. The van der Waals surface area contributed by atoms with Gasteiger partial charge in [-0.15, -0.1) is 0 Å². The molecule has 1 aromatic heterocycles. The van der Waals surface area contributed by atoms with E-state index in [1.807, 2.05) is 0 Å². The molecule has 0 saturated heterocycles. The zero-order valence-corrected chi connectivity index (χ0v) is 6.74. The molecule has 5 nitrogen and oxygen atoms in total. The third-order valence-electron chi connectivity index (χ3n) is 1.30. The average Bonchev–Trinajstić information content (AvgIpc) is 2.16. The van der Waals surface area contributed by atoms with Crippen LogP contribution >= 0.6 is 0 Å². The molecule has 0 aromatic carbocycles. The van der Waals surface area contributed by atoms with E-state index >= 15 is 0 Å². The van der Waals surface area contributed by atoms with Crippen molar-refractivity contribution in [2.24, 2.45) is 0 Å². The van der Waals surface area contributed by atoms with E-state index in [0.717, 1.165) is 5.69 Å². The summed E-state index contributed by atoms with van der Waals surface area (Å²) in [6, 6.07) is 1.53. The lowest BCUT2D eigenvalue weighted by molar-refractivity contribution is 0.242. The molecule has 0 fully saturated rings. The highest BCUT2D eigenvalue weighted by molar-refractivity contribution is 5.73. The van der Waals surface area contributed by atoms with Crippen molar-refractivity contribution in [3.8, 4) is 0 Å². The number of hydrogen-bond donors (Lipinski definition) is 2. The smallest absolute Gasteiger partial charge is 0.314 e. The number of carbonyl (C=O) groups is 1. The molecular formula is C7H10N4O. The highest BCUT2D eigenvalue weighted by atomic mass is 16.2. The molecule has 0 bridgehead atoms. The fourth-order valence-electron chi connectivity index (χ4n) is 0.682. The first-order chi connectivity index (χ1) is 5.83. The van der Waals surface area contributed by atoms with Gasteiger partial charge >= 0.3 is 6.03 Å². The lowest BCUT2D eigenvalue weighted by atomic mass is 10.4. The fourth-order valence-corrected chi connectivity index (χ4v) is 0.682. The quantitative estimate of drug-likeness (QED) is 0.645. The zero-order valence-electron chi connectivity index (χ0n) is 6.74. The molecule has 2 amide bonds. The van der Waals surface area contributed by atoms with Crippen LogP contribution in [0.4, 0.5) is 4.79 Å². The summed E-state index contributed by atoms with van der Waals surface area (Å²) in [5.41, 5.74) is 0.786. The van der Waals surface area contributed by atoms with E-state index in [9.17, 15) is 4.79 Å². The van der Waals surface area contributed by atoms with Crippen molar-refractivity contribution in [3.05, 3.63) is 24.3 Å². The van der Waals surface area contributed by atoms with Crippen molar-refractivity contribution in [3.63, 3.8) is 0 Å². The minimum Gasteiger partial charge on any atom is -0.341 e. The lowest BCUT2D eigenvalue weighted by Crippen LogP contribution is -2.32. The molecule has 0 aliphatic heterocycles. The van der Waals surface area contributed by atoms with Gasteiger partial charge in [-0.25, -0.2) is 14.8 Å². The number of nitrogens with one attached hydrogen (secondary N) is 2. The van der Waals surface area contributed by atoms with Gasteiger partial charge in [-0.05, 0) is 6.07 Å². The van der Waals surface area contributed by atoms with Crippen molar-refractivity contribution in [1.82, 2.24) is 20.6 Å². The third-order valence-corrected chi connectivity index (χ3v) is 1.30. The Kier molecular flexibility index (Phi) is 3.01. The monoisotopic (exact) mass is 166 g/mol. The van der Waals surface area contributed by atoms with Crippen molar-refractivity contribution in [1.29, 1.82) is 0 Å². The molecule has 0 radical (unpaired) electrons. The van der Waals surface area contributed by atoms with Gasteiger partial charge in [-0.3, -0.25) is 0 Å². The Labute approximate surface area is 70.2 Å². The highest BCUT2D eigenvalue weighted by Gasteiger charge is 1.96. The summed E-state index contributed by atoms with van der Waals surface area (Å²) in [7, 11) is 1.56. The van der Waals surface area contributed by atoms with E-state index in [0.29, 0.717) is 6.54 Å². The Balaban J connectivity index is 2.38. The first kappa shape index (κ1) is 8.45. The van der Waals surface area contributed by atoms with E-state index in [1.54, 1.807) is 19.3 Å². The molecule has 1 rings (SSSR count). The summed E-state index contributed by atoms with van der Waals surface area (Å²) in [5.74, 6) is 0. The van der Waals surface area contributed by atoms with Crippen LogP contribution in [-0.2, 0) is 6.54 Å². The summed E-state index contributed by atoms with van der Waals surface area (Å²) in [6.07, 6.45) is 3.08. The van der Waals surface area contributed by atoms with Crippen molar-refractivity contribution >= 4 is 6.03 Å². The second kappa shape index (κ2) is 4.27. The molecule has 0 aliphatic rings. The van der Waals surface area contributed by atoms with Crippen LogP contribution in [-0.4, -0.2) is 23.0 Å². The van der Waals surface area contributed by atoms with Gasteiger partial charge < -0.3 is 10.6 Å². The maximum absolute atomic E-state index is 10.7. The van der Waals surface area contributed by atoms with Crippen LogP contribution in [0.3, 0.4) is 0 Å². The molecule has 0 aliphatic carbocycles. The predicted molar refractivity (Wildman–Crippen MR) is 43.3 cm³/mol. The van der Waals surface area contributed by atoms with Crippen LogP contribution in [0.2, 0.25) is 0 Å². The third kappa shape index (κ3) is 2.53. The molecule has 2 N–H and O–H groups in total.